The fraction of sp³-hybridized carbons (Fsp3) is 0.214. The Balaban J connectivity index is 1.96. The van der Waals surface area contributed by atoms with Crippen LogP contribution in [0.5, 0.6) is 0 Å². The normalized spacial score (nSPS) is 10.3. The Labute approximate surface area is 120 Å². The number of benzene rings is 1. The summed E-state index contributed by atoms with van der Waals surface area (Å²) >= 11 is 0. The first-order valence-corrected chi connectivity index (χ1v) is 6.20. The van der Waals surface area contributed by atoms with Gasteiger partial charge in [-0.3, -0.25) is 10.1 Å². The molecule has 7 nitrogen and oxygen atoms in total. The molecule has 0 atom stereocenters. The molecule has 0 amide bonds. The highest BCUT2D eigenvalue weighted by atomic mass is 16.6. The zero-order chi connectivity index (χ0) is 15.2. The van der Waals surface area contributed by atoms with Gasteiger partial charge < -0.3 is 14.5 Å². The number of nitro groups is 1. The molecular weight excluding hydrogens is 276 g/mol. The largest absolute Gasteiger partial charge is 0.463 e. The smallest absolute Gasteiger partial charge is 0.374 e. The predicted molar refractivity (Wildman–Crippen MR) is 73.7 cm³/mol. The first-order valence-electron chi connectivity index (χ1n) is 6.20. The third kappa shape index (κ3) is 3.67. The van der Waals surface area contributed by atoms with Gasteiger partial charge in [0.1, 0.15) is 0 Å². The Morgan fingerprint density at radius 1 is 1.38 bits per heavy atom. The van der Waals surface area contributed by atoms with Crippen molar-refractivity contribution in [1.82, 2.24) is 5.32 Å². The van der Waals surface area contributed by atoms with Gasteiger partial charge >= 0.3 is 5.97 Å². The number of non-ortho nitro benzene ring substituents is 1. The molecule has 110 valence electrons. The third-order valence-electron chi connectivity index (χ3n) is 2.88. The van der Waals surface area contributed by atoms with Crippen LogP contribution >= 0.6 is 0 Å². The fourth-order valence-corrected chi connectivity index (χ4v) is 1.87. The van der Waals surface area contributed by atoms with E-state index in [4.69, 9.17) is 4.42 Å². The predicted octanol–water partition coefficient (Wildman–Crippen LogP) is 2.26. The molecule has 0 aliphatic heterocycles. The van der Waals surface area contributed by atoms with E-state index < -0.39 is 10.9 Å². The van der Waals surface area contributed by atoms with Gasteiger partial charge in [0, 0.05) is 30.8 Å². The van der Waals surface area contributed by atoms with Gasteiger partial charge in [0.2, 0.25) is 5.76 Å². The van der Waals surface area contributed by atoms with Crippen molar-refractivity contribution >= 4 is 11.7 Å². The average molecular weight is 290 g/mol. The van der Waals surface area contributed by atoms with Crippen LogP contribution in [0.4, 0.5) is 5.69 Å². The second-order valence-corrected chi connectivity index (χ2v) is 4.30. The molecule has 2 aromatic rings. The molecule has 0 fully saturated rings. The number of rotatable bonds is 6. The Morgan fingerprint density at radius 2 is 2.19 bits per heavy atom. The molecule has 7 heteroatoms. The van der Waals surface area contributed by atoms with Crippen LogP contribution in [0.25, 0.3) is 0 Å². The van der Waals surface area contributed by atoms with Gasteiger partial charge in [-0.25, -0.2) is 4.79 Å². The number of hydrogen-bond donors (Lipinski definition) is 1. The van der Waals surface area contributed by atoms with Crippen LogP contribution in [0, 0.1) is 10.1 Å². The summed E-state index contributed by atoms with van der Waals surface area (Å²) in [6.45, 7) is 0.830. The molecule has 0 saturated heterocycles. The number of ether oxygens (including phenoxy) is 1. The van der Waals surface area contributed by atoms with Gasteiger partial charge in [-0.2, -0.15) is 0 Å². The minimum Gasteiger partial charge on any atom is -0.463 e. The van der Waals surface area contributed by atoms with Crippen molar-refractivity contribution in [3.63, 3.8) is 0 Å². The van der Waals surface area contributed by atoms with E-state index in [1.165, 1.54) is 25.5 Å². The van der Waals surface area contributed by atoms with Crippen LogP contribution in [0.2, 0.25) is 0 Å². The van der Waals surface area contributed by atoms with E-state index >= 15 is 0 Å². The molecular formula is C14H14N2O5. The average Bonchev–Trinajstić information content (AvgIpc) is 2.95. The number of carbonyl (C=O) groups is 1. The van der Waals surface area contributed by atoms with Crippen LogP contribution in [-0.2, 0) is 17.8 Å². The summed E-state index contributed by atoms with van der Waals surface area (Å²) in [6.07, 6.45) is 1.41. The van der Waals surface area contributed by atoms with Crippen molar-refractivity contribution in [3.8, 4) is 0 Å². The summed E-state index contributed by atoms with van der Waals surface area (Å²) in [5.41, 5.74) is 1.51. The molecule has 0 aliphatic rings. The maximum absolute atomic E-state index is 11.4. The maximum atomic E-state index is 11.4. The summed E-state index contributed by atoms with van der Waals surface area (Å²) in [5, 5.41) is 13.8. The molecule has 0 radical (unpaired) electrons. The third-order valence-corrected chi connectivity index (χ3v) is 2.88. The molecule has 2 rings (SSSR count). The highest BCUT2D eigenvalue weighted by molar-refractivity contribution is 5.87. The van der Waals surface area contributed by atoms with Crippen LogP contribution in [0.3, 0.4) is 0 Å². The summed E-state index contributed by atoms with van der Waals surface area (Å²) in [6, 6.07) is 8.04. The van der Waals surface area contributed by atoms with Crippen molar-refractivity contribution in [2.45, 2.75) is 13.1 Å². The summed E-state index contributed by atoms with van der Waals surface area (Å²) in [4.78, 5) is 21.7. The second kappa shape index (κ2) is 6.67. The lowest BCUT2D eigenvalue weighted by atomic mass is 10.2. The van der Waals surface area contributed by atoms with E-state index in [9.17, 15) is 14.9 Å². The standard InChI is InChI=1S/C14H14N2O5/c1-20-14(17)13-11(5-6-21-13)9-15-8-10-3-2-4-12(7-10)16(18)19/h2-7,15H,8-9H2,1H3. The number of nitrogens with zero attached hydrogens (tertiary/aromatic N) is 1. The van der Waals surface area contributed by atoms with Gasteiger partial charge in [-0.05, 0) is 11.6 Å². The lowest BCUT2D eigenvalue weighted by molar-refractivity contribution is -0.384. The van der Waals surface area contributed by atoms with Gasteiger partial charge in [0.25, 0.3) is 5.69 Å². The lowest BCUT2D eigenvalue weighted by Gasteiger charge is -2.05. The number of carbonyl (C=O) groups excluding carboxylic acids is 1. The number of methoxy groups -OCH3 is 1. The number of hydrogen-bond acceptors (Lipinski definition) is 6. The van der Waals surface area contributed by atoms with Crippen molar-refractivity contribution in [2.75, 3.05) is 7.11 Å². The Bertz CT molecular complexity index is 650. The Morgan fingerprint density at radius 3 is 2.90 bits per heavy atom. The summed E-state index contributed by atoms with van der Waals surface area (Å²) < 4.78 is 9.67. The van der Waals surface area contributed by atoms with Crippen molar-refractivity contribution in [3.05, 3.63) is 63.6 Å². The van der Waals surface area contributed by atoms with E-state index in [0.29, 0.717) is 18.7 Å². The zero-order valence-electron chi connectivity index (χ0n) is 11.4. The molecule has 1 heterocycles. The SMILES string of the molecule is COC(=O)c1occc1CNCc1cccc([N+](=O)[O-])c1. The fourth-order valence-electron chi connectivity index (χ4n) is 1.87. The van der Waals surface area contributed by atoms with Crippen molar-refractivity contribution < 1.29 is 18.9 Å². The minimum absolute atomic E-state index is 0.0489. The lowest BCUT2D eigenvalue weighted by Crippen LogP contribution is -2.15. The van der Waals surface area contributed by atoms with E-state index in [1.807, 2.05) is 0 Å². The quantitative estimate of drug-likeness (QED) is 0.498. The molecule has 1 aromatic carbocycles. The molecule has 1 aromatic heterocycles. The monoisotopic (exact) mass is 290 g/mol. The van der Waals surface area contributed by atoms with Gasteiger partial charge in [0.05, 0.1) is 18.3 Å². The second-order valence-electron chi connectivity index (χ2n) is 4.30. The Kier molecular flexibility index (Phi) is 4.68. The topological polar surface area (TPSA) is 94.6 Å². The molecule has 0 aliphatic carbocycles. The number of esters is 1. The van der Waals surface area contributed by atoms with Gasteiger partial charge in [-0.1, -0.05) is 12.1 Å². The van der Waals surface area contributed by atoms with Crippen molar-refractivity contribution in [1.29, 1.82) is 0 Å². The molecule has 1 N–H and O–H groups in total. The molecule has 0 spiro atoms. The summed E-state index contributed by atoms with van der Waals surface area (Å²) in [7, 11) is 1.28. The van der Waals surface area contributed by atoms with E-state index in [1.54, 1.807) is 18.2 Å². The van der Waals surface area contributed by atoms with E-state index in [0.717, 1.165) is 5.56 Å². The summed E-state index contributed by atoms with van der Waals surface area (Å²) in [5.74, 6) is -0.379. The van der Waals surface area contributed by atoms with Gasteiger partial charge in [0.15, 0.2) is 0 Å². The van der Waals surface area contributed by atoms with Gasteiger partial charge in [-0.15, -0.1) is 0 Å². The van der Waals surface area contributed by atoms with Crippen molar-refractivity contribution in [2.24, 2.45) is 0 Å². The molecule has 0 unspecified atom stereocenters. The maximum Gasteiger partial charge on any atom is 0.374 e. The number of nitrogens with one attached hydrogen (secondary N) is 1. The van der Waals surface area contributed by atoms with Crippen LogP contribution in [0.1, 0.15) is 21.7 Å². The van der Waals surface area contributed by atoms with E-state index in [-0.39, 0.29) is 11.4 Å². The molecule has 0 bridgehead atoms. The van der Waals surface area contributed by atoms with E-state index in [2.05, 4.69) is 10.1 Å². The zero-order valence-corrected chi connectivity index (χ0v) is 11.4. The highest BCUT2D eigenvalue weighted by Gasteiger charge is 2.15. The van der Waals surface area contributed by atoms with Crippen LogP contribution in [0.15, 0.2) is 41.0 Å². The highest BCUT2D eigenvalue weighted by Crippen LogP contribution is 2.14. The molecule has 0 saturated carbocycles. The minimum atomic E-state index is -0.535. The Hall–Kier alpha value is -2.67. The van der Waals surface area contributed by atoms with Crippen LogP contribution < -0.4 is 5.32 Å². The number of furan rings is 1. The first kappa shape index (κ1) is 14.7. The first-order chi connectivity index (χ1) is 10.1. The van der Waals surface area contributed by atoms with Crippen LogP contribution in [-0.4, -0.2) is 18.0 Å². The molecule has 21 heavy (non-hydrogen) atoms. The number of nitro benzene ring substituents is 1.